The Morgan fingerprint density at radius 1 is 1.17 bits per heavy atom. The summed E-state index contributed by atoms with van der Waals surface area (Å²) in [6, 6.07) is 7.22. The van der Waals surface area contributed by atoms with Gasteiger partial charge in [-0.1, -0.05) is 23.9 Å². The summed E-state index contributed by atoms with van der Waals surface area (Å²) in [5, 5.41) is 3.34. The highest BCUT2D eigenvalue weighted by molar-refractivity contribution is 7.99. The molecule has 1 N–H and O–H groups in total. The van der Waals surface area contributed by atoms with Gasteiger partial charge in [0.15, 0.2) is 16.3 Å². The van der Waals surface area contributed by atoms with E-state index in [4.69, 9.17) is 4.74 Å². The summed E-state index contributed by atoms with van der Waals surface area (Å²) in [5.41, 5.74) is 0.413. The zero-order chi connectivity index (χ0) is 21.1. The van der Waals surface area contributed by atoms with Crippen molar-refractivity contribution >= 4 is 34.5 Å². The number of benzene rings is 1. The summed E-state index contributed by atoms with van der Waals surface area (Å²) in [4.78, 5) is 41.6. The lowest BCUT2D eigenvalue weighted by Crippen LogP contribution is -2.37. The molecule has 29 heavy (non-hydrogen) atoms. The number of aryl methyl sites for hydroxylation is 2. The quantitative estimate of drug-likeness (QED) is 0.586. The molecule has 3 aromatic rings. The third-order valence-corrected chi connectivity index (χ3v) is 5.40. The maximum Gasteiger partial charge on any atom is 0.332 e. The normalized spacial score (nSPS) is 11.0. The number of ether oxygens (including phenoxy) is 1. The molecule has 2 heterocycles. The molecule has 0 aliphatic rings. The van der Waals surface area contributed by atoms with E-state index in [2.05, 4.69) is 10.3 Å². The zero-order valence-corrected chi connectivity index (χ0v) is 17.6. The SMILES string of the molecule is CCOc1ccccc1NC(=O)CSc1nc2c(c(=O)n(C)c(=O)n2C)n1CC. The Kier molecular flexibility index (Phi) is 6.12. The summed E-state index contributed by atoms with van der Waals surface area (Å²) in [6.07, 6.45) is 0. The fourth-order valence-electron chi connectivity index (χ4n) is 3.00. The third kappa shape index (κ3) is 3.93. The number of anilines is 1. The van der Waals surface area contributed by atoms with Gasteiger partial charge in [0.05, 0.1) is 18.0 Å². The number of thioether (sulfide) groups is 1. The van der Waals surface area contributed by atoms with Crippen LogP contribution in [0.15, 0.2) is 39.0 Å². The minimum absolute atomic E-state index is 0.0953. The fraction of sp³-hybridized carbons (Fsp3) is 0.368. The largest absolute Gasteiger partial charge is 0.492 e. The Labute approximate surface area is 171 Å². The molecular formula is C19H23N5O4S. The van der Waals surface area contributed by atoms with Gasteiger partial charge in [0, 0.05) is 20.6 Å². The molecule has 0 atom stereocenters. The van der Waals surface area contributed by atoms with Crippen LogP contribution < -0.4 is 21.3 Å². The van der Waals surface area contributed by atoms with Crippen LogP contribution in [0.1, 0.15) is 13.8 Å². The predicted molar refractivity (Wildman–Crippen MR) is 113 cm³/mol. The van der Waals surface area contributed by atoms with E-state index in [1.54, 1.807) is 23.7 Å². The molecule has 10 heteroatoms. The number of carbonyl (C=O) groups excluding carboxylic acids is 1. The molecule has 0 bridgehead atoms. The number of amides is 1. The van der Waals surface area contributed by atoms with Gasteiger partial charge in [-0.2, -0.15) is 0 Å². The van der Waals surface area contributed by atoms with Crippen LogP contribution in [-0.2, 0) is 25.4 Å². The monoisotopic (exact) mass is 417 g/mol. The molecule has 1 aromatic carbocycles. The van der Waals surface area contributed by atoms with Crippen molar-refractivity contribution in [3.8, 4) is 5.75 Å². The number of hydrogen-bond donors (Lipinski definition) is 1. The topological polar surface area (TPSA) is 100 Å². The molecule has 1 amide bonds. The molecule has 3 rings (SSSR count). The molecule has 0 radical (unpaired) electrons. The van der Waals surface area contributed by atoms with Gasteiger partial charge in [0.1, 0.15) is 5.75 Å². The summed E-state index contributed by atoms with van der Waals surface area (Å²) in [6.45, 7) is 4.74. The van der Waals surface area contributed by atoms with Crippen LogP contribution in [0.25, 0.3) is 11.2 Å². The Hall–Kier alpha value is -3.01. The zero-order valence-electron chi connectivity index (χ0n) is 16.8. The van der Waals surface area contributed by atoms with Gasteiger partial charge in [-0.3, -0.25) is 18.7 Å². The lowest BCUT2D eigenvalue weighted by atomic mass is 10.3. The van der Waals surface area contributed by atoms with Crippen molar-refractivity contribution in [1.82, 2.24) is 18.7 Å². The molecule has 0 spiro atoms. The highest BCUT2D eigenvalue weighted by atomic mass is 32.2. The molecule has 0 aliphatic carbocycles. The van der Waals surface area contributed by atoms with Crippen molar-refractivity contribution < 1.29 is 9.53 Å². The van der Waals surface area contributed by atoms with Crippen molar-refractivity contribution in [2.24, 2.45) is 14.1 Å². The van der Waals surface area contributed by atoms with Gasteiger partial charge in [0.2, 0.25) is 5.91 Å². The number of para-hydroxylation sites is 2. The second-order valence-corrected chi connectivity index (χ2v) is 7.23. The van der Waals surface area contributed by atoms with Crippen molar-refractivity contribution in [3.05, 3.63) is 45.1 Å². The van der Waals surface area contributed by atoms with E-state index >= 15 is 0 Å². The van der Waals surface area contributed by atoms with Gasteiger partial charge in [-0.25, -0.2) is 9.78 Å². The first kappa shape index (κ1) is 20.7. The Morgan fingerprint density at radius 2 is 1.90 bits per heavy atom. The number of carbonyl (C=O) groups is 1. The van der Waals surface area contributed by atoms with E-state index in [-0.39, 0.29) is 11.7 Å². The Balaban J connectivity index is 1.85. The van der Waals surface area contributed by atoms with Crippen LogP contribution in [0.5, 0.6) is 5.75 Å². The maximum atomic E-state index is 12.6. The lowest BCUT2D eigenvalue weighted by Gasteiger charge is -2.11. The van der Waals surface area contributed by atoms with Gasteiger partial charge < -0.3 is 14.6 Å². The average Bonchev–Trinajstić information content (AvgIpc) is 3.09. The molecule has 0 saturated heterocycles. The second kappa shape index (κ2) is 8.56. The van der Waals surface area contributed by atoms with Crippen LogP contribution in [0, 0.1) is 0 Å². The first-order valence-electron chi connectivity index (χ1n) is 9.19. The van der Waals surface area contributed by atoms with E-state index in [1.165, 1.54) is 23.4 Å². The van der Waals surface area contributed by atoms with Crippen LogP contribution >= 0.6 is 11.8 Å². The molecule has 2 aromatic heterocycles. The number of fused-ring (bicyclic) bond motifs is 1. The summed E-state index contributed by atoms with van der Waals surface area (Å²) in [7, 11) is 3.01. The minimum Gasteiger partial charge on any atom is -0.492 e. The van der Waals surface area contributed by atoms with E-state index in [0.29, 0.717) is 40.9 Å². The average molecular weight is 417 g/mol. The van der Waals surface area contributed by atoms with Gasteiger partial charge in [0.25, 0.3) is 5.56 Å². The van der Waals surface area contributed by atoms with E-state index in [0.717, 1.165) is 4.57 Å². The molecule has 0 unspecified atom stereocenters. The molecule has 0 saturated carbocycles. The van der Waals surface area contributed by atoms with Gasteiger partial charge in [-0.05, 0) is 26.0 Å². The second-order valence-electron chi connectivity index (χ2n) is 6.28. The lowest BCUT2D eigenvalue weighted by molar-refractivity contribution is -0.113. The van der Waals surface area contributed by atoms with Crippen LogP contribution in [0.2, 0.25) is 0 Å². The highest BCUT2D eigenvalue weighted by Crippen LogP contribution is 2.25. The molecule has 154 valence electrons. The van der Waals surface area contributed by atoms with Crippen LogP contribution in [0.4, 0.5) is 5.69 Å². The number of aromatic nitrogens is 4. The van der Waals surface area contributed by atoms with Crippen molar-refractivity contribution in [3.63, 3.8) is 0 Å². The smallest absolute Gasteiger partial charge is 0.332 e. The molecule has 9 nitrogen and oxygen atoms in total. The molecule has 0 fully saturated rings. The number of rotatable bonds is 7. The summed E-state index contributed by atoms with van der Waals surface area (Å²) in [5.74, 6) is 0.476. The standard InChI is InChI=1S/C19H23N5O4S/c1-5-24-15-16(22(3)19(27)23(4)17(15)26)21-18(24)29-11-14(25)20-12-9-7-8-10-13(12)28-6-2/h7-10H,5-6,11H2,1-4H3,(H,20,25). The minimum atomic E-state index is -0.440. The van der Waals surface area contributed by atoms with Crippen molar-refractivity contribution in [2.45, 2.75) is 25.5 Å². The third-order valence-electron chi connectivity index (χ3n) is 4.42. The van der Waals surface area contributed by atoms with Gasteiger partial charge >= 0.3 is 5.69 Å². The van der Waals surface area contributed by atoms with Crippen molar-refractivity contribution in [1.29, 1.82) is 0 Å². The molecule has 0 aliphatic heterocycles. The van der Waals surface area contributed by atoms with Crippen LogP contribution in [0.3, 0.4) is 0 Å². The fourth-order valence-corrected chi connectivity index (χ4v) is 3.86. The van der Waals surface area contributed by atoms with Crippen molar-refractivity contribution in [2.75, 3.05) is 17.7 Å². The number of hydrogen-bond acceptors (Lipinski definition) is 6. The van der Waals surface area contributed by atoms with E-state index in [1.807, 2.05) is 26.0 Å². The summed E-state index contributed by atoms with van der Waals surface area (Å²) >= 11 is 1.21. The number of nitrogens with zero attached hydrogens (tertiary/aromatic N) is 4. The Bertz CT molecular complexity index is 1180. The first-order valence-corrected chi connectivity index (χ1v) is 10.2. The maximum absolute atomic E-state index is 12.6. The van der Waals surface area contributed by atoms with E-state index in [9.17, 15) is 14.4 Å². The predicted octanol–water partition coefficient (Wildman–Crippen LogP) is 1.58. The van der Waals surface area contributed by atoms with Gasteiger partial charge in [-0.15, -0.1) is 0 Å². The van der Waals surface area contributed by atoms with Crippen LogP contribution in [-0.4, -0.2) is 37.0 Å². The Morgan fingerprint density at radius 3 is 2.59 bits per heavy atom. The molecular weight excluding hydrogens is 394 g/mol. The van der Waals surface area contributed by atoms with E-state index < -0.39 is 11.2 Å². The first-order chi connectivity index (χ1) is 13.9. The highest BCUT2D eigenvalue weighted by Gasteiger charge is 2.19. The summed E-state index contributed by atoms with van der Waals surface area (Å²) < 4.78 is 9.64. The number of nitrogens with one attached hydrogen (secondary N) is 1. The number of imidazole rings is 1.